The molecule has 0 radical (unpaired) electrons. The van der Waals surface area contributed by atoms with Crippen LogP contribution in [-0.4, -0.2) is 29.6 Å². The van der Waals surface area contributed by atoms with Crippen molar-refractivity contribution in [3.63, 3.8) is 0 Å². The fourth-order valence-electron chi connectivity index (χ4n) is 9.70. The van der Waals surface area contributed by atoms with Crippen molar-refractivity contribution in [2.75, 3.05) is 6.54 Å². The highest BCUT2D eigenvalue weighted by Crippen LogP contribution is 2.69. The minimum Gasteiger partial charge on any atom is -0.393 e. The molecule has 2 N–H and O–H groups in total. The molecular weight excluding hydrogens is 370 g/mol. The molecule has 1 spiro atoms. The van der Waals surface area contributed by atoms with E-state index < -0.39 is 0 Å². The highest BCUT2D eigenvalue weighted by molar-refractivity contribution is 5.26. The number of nitrogens with one attached hydrogen (secondary N) is 1. The summed E-state index contributed by atoms with van der Waals surface area (Å²) in [5.74, 6) is 4.70. The van der Waals surface area contributed by atoms with Crippen molar-refractivity contribution in [1.29, 1.82) is 0 Å². The van der Waals surface area contributed by atoms with E-state index in [1.807, 2.05) is 0 Å². The van der Waals surface area contributed by atoms with Gasteiger partial charge in [-0.1, -0.05) is 39.3 Å². The molecule has 0 aromatic heterocycles. The predicted molar refractivity (Wildman–Crippen MR) is 120 cm³/mol. The normalized spacial score (nSPS) is 59.8. The quantitative estimate of drug-likeness (QED) is 0.530. The largest absolute Gasteiger partial charge is 0.393 e. The third-order valence-corrected chi connectivity index (χ3v) is 11.7. The molecule has 0 aromatic rings. The number of allylic oxidation sites excluding steroid dienone is 1. The van der Waals surface area contributed by atoms with Crippen LogP contribution in [0.1, 0.15) is 85.5 Å². The molecule has 10 unspecified atom stereocenters. The number of piperidine rings is 1. The lowest BCUT2D eigenvalue weighted by molar-refractivity contribution is -0.110. The summed E-state index contributed by atoms with van der Waals surface area (Å²) >= 11 is 0. The highest BCUT2D eigenvalue weighted by atomic mass is 16.5. The van der Waals surface area contributed by atoms with E-state index in [0.29, 0.717) is 22.9 Å². The van der Waals surface area contributed by atoms with Gasteiger partial charge >= 0.3 is 0 Å². The Balaban J connectivity index is 1.28. The maximum atomic E-state index is 10.3. The van der Waals surface area contributed by atoms with Crippen LogP contribution in [0, 0.1) is 46.3 Å². The van der Waals surface area contributed by atoms with Crippen molar-refractivity contribution in [2.24, 2.45) is 46.3 Å². The van der Waals surface area contributed by atoms with Gasteiger partial charge in [0.2, 0.25) is 0 Å². The number of hydrogen-bond acceptors (Lipinski definition) is 3. The summed E-state index contributed by atoms with van der Waals surface area (Å²) in [4.78, 5) is 0. The molecule has 3 nitrogen and oxygen atoms in total. The van der Waals surface area contributed by atoms with Crippen LogP contribution in [0.4, 0.5) is 0 Å². The molecule has 5 fully saturated rings. The summed E-state index contributed by atoms with van der Waals surface area (Å²) in [7, 11) is 0. The Bertz CT molecular complexity index is 739. The zero-order valence-electron chi connectivity index (χ0n) is 19.6. The molecule has 3 heteroatoms. The van der Waals surface area contributed by atoms with Crippen molar-refractivity contribution in [3.05, 3.63) is 11.6 Å². The van der Waals surface area contributed by atoms with Gasteiger partial charge in [-0.05, 0) is 92.8 Å². The third kappa shape index (κ3) is 2.49. The first-order chi connectivity index (χ1) is 14.3. The molecule has 4 aliphatic carbocycles. The molecular formula is C27H43NO2. The van der Waals surface area contributed by atoms with Crippen LogP contribution in [0.5, 0.6) is 0 Å². The fourth-order valence-corrected chi connectivity index (χ4v) is 9.70. The van der Waals surface area contributed by atoms with E-state index in [2.05, 4.69) is 39.1 Å². The van der Waals surface area contributed by atoms with Crippen LogP contribution < -0.4 is 5.32 Å². The number of hydrogen-bond donors (Lipinski definition) is 2. The molecule has 168 valence electrons. The smallest absolute Gasteiger partial charge is 0.122 e. The van der Waals surface area contributed by atoms with Gasteiger partial charge < -0.3 is 9.84 Å². The lowest BCUT2D eigenvalue weighted by Crippen LogP contribution is -2.57. The number of rotatable bonds is 0. The molecule has 2 heterocycles. The molecule has 0 bridgehead atoms. The Labute approximate surface area is 183 Å². The molecule has 6 aliphatic rings. The summed E-state index contributed by atoms with van der Waals surface area (Å²) in [6.07, 6.45) is 13.8. The molecule has 6 rings (SSSR count). The van der Waals surface area contributed by atoms with Crippen LogP contribution in [0.15, 0.2) is 11.6 Å². The monoisotopic (exact) mass is 413 g/mol. The first-order valence-corrected chi connectivity index (χ1v) is 13.1. The van der Waals surface area contributed by atoms with Gasteiger partial charge in [0.15, 0.2) is 0 Å². The van der Waals surface area contributed by atoms with Gasteiger partial charge in [0.25, 0.3) is 0 Å². The van der Waals surface area contributed by atoms with Crippen LogP contribution in [0.2, 0.25) is 0 Å². The van der Waals surface area contributed by atoms with Gasteiger partial charge in [-0.25, -0.2) is 0 Å². The summed E-state index contributed by atoms with van der Waals surface area (Å²) < 4.78 is 7.04. The Hall–Kier alpha value is -0.380. The standard InChI is InChI=1S/C27H43NO2/c1-16-9-12-27(28-15-16)17(2)26(4)23-8-7-22-20(21(23)14-24(26)30-27)6-5-18-13-19(29)10-11-25(18,22)3/h5,16-17,19-24,28-29H,6-15H2,1-4H3/t16?,17-,19?,20?,21?,22?,23?,24?,25?,26?,27?/m0/s1. The lowest BCUT2D eigenvalue weighted by Gasteiger charge is -2.56. The second-order valence-electron chi connectivity index (χ2n) is 12.7. The SMILES string of the molecule is CC1CCC2(NC1)OC1CC3C4CC=C5CC(O)CCC5(C)C4CCC3C1(C)[C@@H]2C. The Morgan fingerprint density at radius 3 is 2.60 bits per heavy atom. The Morgan fingerprint density at radius 1 is 1.03 bits per heavy atom. The third-order valence-electron chi connectivity index (χ3n) is 11.7. The van der Waals surface area contributed by atoms with Gasteiger partial charge in [-0.15, -0.1) is 0 Å². The minimum atomic E-state index is -0.0990. The minimum absolute atomic E-state index is 0.0567. The van der Waals surface area contributed by atoms with Crippen LogP contribution in [-0.2, 0) is 4.74 Å². The van der Waals surface area contributed by atoms with Crippen LogP contribution >= 0.6 is 0 Å². The summed E-state index contributed by atoms with van der Waals surface area (Å²) in [5, 5.41) is 14.1. The Morgan fingerprint density at radius 2 is 1.83 bits per heavy atom. The van der Waals surface area contributed by atoms with Crippen molar-refractivity contribution < 1.29 is 9.84 Å². The van der Waals surface area contributed by atoms with Crippen molar-refractivity contribution in [2.45, 2.75) is 103 Å². The number of aliphatic hydroxyl groups is 1. The van der Waals surface area contributed by atoms with Crippen LogP contribution in [0.3, 0.4) is 0 Å². The Kier molecular flexibility index (Phi) is 4.44. The molecule has 0 amide bonds. The van der Waals surface area contributed by atoms with E-state index in [1.54, 1.807) is 5.57 Å². The van der Waals surface area contributed by atoms with Gasteiger partial charge in [-0.3, -0.25) is 5.32 Å². The average molecular weight is 414 g/mol. The second-order valence-corrected chi connectivity index (χ2v) is 12.7. The van der Waals surface area contributed by atoms with Gasteiger partial charge in [0, 0.05) is 17.9 Å². The first-order valence-electron chi connectivity index (χ1n) is 13.1. The van der Waals surface area contributed by atoms with E-state index in [9.17, 15) is 5.11 Å². The fraction of sp³-hybridized carbons (Fsp3) is 0.926. The van der Waals surface area contributed by atoms with E-state index in [-0.39, 0.29) is 11.8 Å². The number of fused-ring (bicyclic) bond motifs is 7. The summed E-state index contributed by atoms with van der Waals surface area (Å²) in [6.45, 7) is 11.1. The molecule has 2 aliphatic heterocycles. The summed E-state index contributed by atoms with van der Waals surface area (Å²) in [6, 6.07) is 0. The van der Waals surface area contributed by atoms with Gasteiger partial charge in [-0.2, -0.15) is 0 Å². The second kappa shape index (κ2) is 6.58. The van der Waals surface area contributed by atoms with Crippen molar-refractivity contribution in [1.82, 2.24) is 5.32 Å². The van der Waals surface area contributed by atoms with E-state index in [1.165, 1.54) is 44.9 Å². The van der Waals surface area contributed by atoms with Crippen LogP contribution in [0.25, 0.3) is 0 Å². The molecule has 0 aromatic carbocycles. The van der Waals surface area contributed by atoms with Crippen molar-refractivity contribution in [3.8, 4) is 0 Å². The number of ether oxygens (including phenoxy) is 1. The van der Waals surface area contributed by atoms with Gasteiger partial charge in [0.05, 0.1) is 12.2 Å². The topological polar surface area (TPSA) is 41.5 Å². The predicted octanol–water partition coefficient (Wildman–Crippen LogP) is 5.29. The van der Waals surface area contributed by atoms with E-state index in [0.717, 1.165) is 49.0 Å². The average Bonchev–Trinajstić information content (AvgIpc) is 3.12. The molecule has 30 heavy (non-hydrogen) atoms. The van der Waals surface area contributed by atoms with Gasteiger partial charge in [0.1, 0.15) is 5.72 Å². The first kappa shape index (κ1) is 20.2. The maximum absolute atomic E-state index is 10.3. The highest BCUT2D eigenvalue weighted by Gasteiger charge is 2.69. The summed E-state index contributed by atoms with van der Waals surface area (Å²) in [5.41, 5.74) is 2.21. The number of aliphatic hydroxyl groups excluding tert-OH is 1. The lowest BCUT2D eigenvalue weighted by atomic mass is 9.49. The van der Waals surface area contributed by atoms with E-state index >= 15 is 0 Å². The molecule has 3 saturated carbocycles. The molecule has 11 atom stereocenters. The van der Waals surface area contributed by atoms with E-state index in [4.69, 9.17) is 4.74 Å². The van der Waals surface area contributed by atoms with Crippen molar-refractivity contribution >= 4 is 0 Å². The zero-order valence-corrected chi connectivity index (χ0v) is 19.6. The maximum Gasteiger partial charge on any atom is 0.122 e. The zero-order chi connectivity index (χ0) is 20.9. The molecule has 2 saturated heterocycles.